The first-order valence-corrected chi connectivity index (χ1v) is 10.4. The molecule has 2 fully saturated rings. The highest BCUT2D eigenvalue weighted by Crippen LogP contribution is 2.30. The van der Waals surface area contributed by atoms with Crippen LogP contribution in [0.15, 0.2) is 60.7 Å². The molecule has 2 aliphatic rings. The Hall–Kier alpha value is -2.13. The second-order valence-electron chi connectivity index (χ2n) is 8.06. The topological polar surface area (TPSA) is 23.6 Å². The van der Waals surface area contributed by atoms with Crippen molar-refractivity contribution in [3.05, 3.63) is 71.8 Å². The summed E-state index contributed by atoms with van der Waals surface area (Å²) in [5.41, 5.74) is 2.70. The van der Waals surface area contributed by atoms with Crippen LogP contribution in [0.2, 0.25) is 0 Å². The van der Waals surface area contributed by atoms with Crippen molar-refractivity contribution in [3.63, 3.8) is 0 Å². The molecule has 0 aromatic heterocycles. The van der Waals surface area contributed by atoms with Gasteiger partial charge in [0, 0.05) is 38.1 Å². The normalized spacial score (nSPS) is 22.6. The molecule has 0 unspecified atom stereocenters. The van der Waals surface area contributed by atoms with E-state index in [1.165, 1.54) is 17.5 Å². The summed E-state index contributed by atoms with van der Waals surface area (Å²) in [4.78, 5) is 17.8. The first-order chi connectivity index (χ1) is 13.3. The molecule has 3 nitrogen and oxygen atoms in total. The monoisotopic (exact) mass is 362 g/mol. The minimum atomic E-state index is 0.375. The van der Waals surface area contributed by atoms with E-state index in [9.17, 15) is 4.79 Å². The number of carbonyl (C=O) groups is 1. The Kier molecular flexibility index (Phi) is 5.88. The van der Waals surface area contributed by atoms with Gasteiger partial charge in [0.2, 0.25) is 5.91 Å². The highest BCUT2D eigenvalue weighted by Gasteiger charge is 2.39. The van der Waals surface area contributed by atoms with Crippen molar-refractivity contribution >= 4 is 5.91 Å². The average Bonchev–Trinajstić information content (AvgIpc) is 2.69. The number of fused-ring (bicyclic) bond motifs is 2. The highest BCUT2D eigenvalue weighted by molar-refractivity contribution is 5.77. The van der Waals surface area contributed by atoms with E-state index in [-0.39, 0.29) is 0 Å². The van der Waals surface area contributed by atoms with Gasteiger partial charge in [0.05, 0.1) is 0 Å². The van der Waals surface area contributed by atoms with Crippen molar-refractivity contribution < 1.29 is 4.79 Å². The zero-order chi connectivity index (χ0) is 18.5. The van der Waals surface area contributed by atoms with E-state index in [2.05, 4.69) is 64.4 Å². The molecule has 0 radical (unpaired) electrons. The van der Waals surface area contributed by atoms with Crippen LogP contribution in [0.4, 0.5) is 0 Å². The highest BCUT2D eigenvalue weighted by atomic mass is 16.2. The third-order valence-corrected chi connectivity index (χ3v) is 6.04. The van der Waals surface area contributed by atoms with Crippen LogP contribution >= 0.6 is 0 Å². The van der Waals surface area contributed by atoms with Gasteiger partial charge in [0.25, 0.3) is 0 Å². The lowest BCUT2D eigenvalue weighted by Gasteiger charge is -2.50. The molecular weight excluding hydrogens is 332 g/mol. The maximum Gasteiger partial charge on any atom is 0.223 e. The van der Waals surface area contributed by atoms with E-state index in [0.29, 0.717) is 24.4 Å². The van der Waals surface area contributed by atoms with Gasteiger partial charge in [-0.1, -0.05) is 60.7 Å². The summed E-state index contributed by atoms with van der Waals surface area (Å²) >= 11 is 0. The summed E-state index contributed by atoms with van der Waals surface area (Å²) in [5.74, 6) is 0.375. The van der Waals surface area contributed by atoms with E-state index < -0.39 is 0 Å². The fraction of sp³-hybridized carbons (Fsp3) is 0.458. The molecule has 0 aliphatic carbocycles. The van der Waals surface area contributed by atoms with Crippen LogP contribution in [0.25, 0.3) is 0 Å². The number of benzene rings is 2. The quantitative estimate of drug-likeness (QED) is 0.766. The fourth-order valence-electron chi connectivity index (χ4n) is 4.79. The second-order valence-corrected chi connectivity index (χ2v) is 8.06. The average molecular weight is 363 g/mol. The Morgan fingerprint density at radius 1 is 0.852 bits per heavy atom. The fourth-order valence-corrected chi connectivity index (χ4v) is 4.79. The SMILES string of the molecule is O=C(CCCc1ccccc1)N1[C@@H]2CCC[C@@H]1CN(Cc1ccccc1)C2. The van der Waals surface area contributed by atoms with Crippen molar-refractivity contribution in [3.8, 4) is 0 Å². The third kappa shape index (κ3) is 4.59. The van der Waals surface area contributed by atoms with Gasteiger partial charge in [-0.15, -0.1) is 0 Å². The Labute approximate surface area is 163 Å². The molecule has 2 bridgehead atoms. The third-order valence-electron chi connectivity index (χ3n) is 6.04. The van der Waals surface area contributed by atoms with Crippen LogP contribution < -0.4 is 0 Å². The van der Waals surface area contributed by atoms with Gasteiger partial charge in [-0.2, -0.15) is 0 Å². The number of rotatable bonds is 6. The van der Waals surface area contributed by atoms with E-state index in [0.717, 1.165) is 45.3 Å². The van der Waals surface area contributed by atoms with Gasteiger partial charge in [-0.05, 0) is 43.2 Å². The predicted molar refractivity (Wildman–Crippen MR) is 109 cm³/mol. The number of hydrogen-bond acceptors (Lipinski definition) is 2. The van der Waals surface area contributed by atoms with E-state index >= 15 is 0 Å². The molecule has 1 amide bonds. The second kappa shape index (κ2) is 8.71. The Bertz CT molecular complexity index is 717. The molecule has 0 saturated carbocycles. The standard InChI is InChI=1S/C24H30N2O/c27-24(16-7-13-20-9-3-1-4-10-20)26-22-14-8-15-23(26)19-25(18-22)17-21-11-5-2-6-12-21/h1-6,9-12,22-23H,7-8,13-19H2/t22-,23-/m1/s1. The predicted octanol–water partition coefficient (Wildman–Crippen LogP) is 4.27. The number of carbonyl (C=O) groups excluding carboxylic acids is 1. The summed E-state index contributed by atoms with van der Waals surface area (Å²) in [6.45, 7) is 3.05. The Balaban J connectivity index is 1.32. The van der Waals surface area contributed by atoms with E-state index in [4.69, 9.17) is 0 Å². The molecule has 2 aromatic rings. The van der Waals surface area contributed by atoms with Gasteiger partial charge < -0.3 is 4.90 Å². The molecule has 0 spiro atoms. The Morgan fingerprint density at radius 2 is 1.44 bits per heavy atom. The van der Waals surface area contributed by atoms with Crippen molar-refractivity contribution in [2.75, 3.05) is 13.1 Å². The van der Waals surface area contributed by atoms with Crippen molar-refractivity contribution in [1.82, 2.24) is 9.80 Å². The number of piperazine rings is 1. The zero-order valence-electron chi connectivity index (χ0n) is 16.1. The largest absolute Gasteiger partial charge is 0.334 e. The van der Waals surface area contributed by atoms with E-state index in [1.807, 2.05) is 6.07 Å². The first kappa shape index (κ1) is 18.2. The van der Waals surface area contributed by atoms with Crippen molar-refractivity contribution in [2.24, 2.45) is 0 Å². The summed E-state index contributed by atoms with van der Waals surface area (Å²) in [5, 5.41) is 0. The molecule has 2 heterocycles. The Morgan fingerprint density at radius 3 is 2.07 bits per heavy atom. The molecule has 4 rings (SSSR count). The van der Waals surface area contributed by atoms with Crippen LogP contribution in [-0.2, 0) is 17.8 Å². The molecule has 27 heavy (non-hydrogen) atoms. The van der Waals surface area contributed by atoms with Crippen LogP contribution in [0.5, 0.6) is 0 Å². The van der Waals surface area contributed by atoms with Gasteiger partial charge in [0.1, 0.15) is 0 Å². The zero-order valence-corrected chi connectivity index (χ0v) is 16.1. The van der Waals surface area contributed by atoms with E-state index in [1.54, 1.807) is 0 Å². The lowest BCUT2D eigenvalue weighted by Crippen LogP contribution is -2.62. The lowest BCUT2D eigenvalue weighted by molar-refractivity contribution is -0.143. The molecule has 3 heteroatoms. The van der Waals surface area contributed by atoms with Crippen LogP contribution in [-0.4, -0.2) is 40.9 Å². The summed E-state index contributed by atoms with van der Waals surface area (Å²) in [6, 6.07) is 22.0. The number of likely N-dealkylation sites (tertiary alicyclic amines) is 1. The number of amides is 1. The molecule has 2 aliphatic heterocycles. The molecule has 2 aromatic carbocycles. The van der Waals surface area contributed by atoms with Gasteiger partial charge in [-0.25, -0.2) is 0 Å². The molecule has 142 valence electrons. The summed E-state index contributed by atoms with van der Waals surface area (Å²) in [6.07, 6.45) is 6.21. The van der Waals surface area contributed by atoms with Crippen LogP contribution in [0.1, 0.15) is 43.2 Å². The maximum absolute atomic E-state index is 13.0. The number of piperidine rings is 1. The number of hydrogen-bond donors (Lipinski definition) is 0. The minimum absolute atomic E-state index is 0.375. The van der Waals surface area contributed by atoms with Gasteiger partial charge in [0.15, 0.2) is 0 Å². The van der Waals surface area contributed by atoms with Crippen molar-refractivity contribution in [1.29, 1.82) is 0 Å². The smallest absolute Gasteiger partial charge is 0.223 e. The molecule has 0 N–H and O–H groups in total. The minimum Gasteiger partial charge on any atom is -0.334 e. The van der Waals surface area contributed by atoms with Gasteiger partial charge in [-0.3, -0.25) is 9.69 Å². The van der Waals surface area contributed by atoms with Crippen LogP contribution in [0, 0.1) is 0 Å². The van der Waals surface area contributed by atoms with Crippen LogP contribution in [0.3, 0.4) is 0 Å². The lowest BCUT2D eigenvalue weighted by atomic mass is 9.90. The molecule has 2 atom stereocenters. The molecular formula is C24H30N2O. The summed E-state index contributed by atoms with van der Waals surface area (Å²) < 4.78 is 0. The molecule has 2 saturated heterocycles. The van der Waals surface area contributed by atoms with Gasteiger partial charge >= 0.3 is 0 Å². The number of nitrogens with zero attached hydrogens (tertiary/aromatic N) is 2. The van der Waals surface area contributed by atoms with Crippen molar-refractivity contribution in [2.45, 2.75) is 57.2 Å². The first-order valence-electron chi connectivity index (χ1n) is 10.4. The summed E-state index contributed by atoms with van der Waals surface area (Å²) in [7, 11) is 0. The maximum atomic E-state index is 13.0. The number of aryl methyl sites for hydroxylation is 1.